The maximum absolute atomic E-state index is 5.32. The molecule has 5 nitrogen and oxygen atoms in total. The third-order valence-electron chi connectivity index (χ3n) is 4.58. The van der Waals surface area contributed by atoms with E-state index in [2.05, 4.69) is 39.4 Å². The predicted molar refractivity (Wildman–Crippen MR) is 103 cm³/mol. The zero-order valence-electron chi connectivity index (χ0n) is 14.2. The molecule has 26 heavy (non-hydrogen) atoms. The number of rotatable bonds is 3. The van der Waals surface area contributed by atoms with E-state index in [0.717, 1.165) is 50.3 Å². The molecule has 2 aromatic heterocycles. The Hall–Kier alpha value is -3.60. The highest BCUT2D eigenvalue weighted by Gasteiger charge is 2.12. The van der Waals surface area contributed by atoms with Gasteiger partial charge in [0, 0.05) is 5.39 Å². The summed E-state index contributed by atoms with van der Waals surface area (Å²) in [7, 11) is 1.68. The molecule has 3 aromatic carbocycles. The molecular weight excluding hydrogens is 324 g/mol. The smallest absolute Gasteiger partial charge is 0.159 e. The number of hydrogen-bond acceptors (Lipinski definition) is 3. The Kier molecular flexibility index (Phi) is 3.25. The maximum atomic E-state index is 5.32. The Labute approximate surface area is 149 Å². The first-order valence-corrected chi connectivity index (χ1v) is 8.39. The van der Waals surface area contributed by atoms with Crippen molar-refractivity contribution in [2.75, 3.05) is 7.11 Å². The molecule has 0 saturated carbocycles. The number of benzene rings is 3. The van der Waals surface area contributed by atoms with Gasteiger partial charge in [-0.3, -0.25) is 5.10 Å². The first-order valence-electron chi connectivity index (χ1n) is 8.39. The third-order valence-corrected chi connectivity index (χ3v) is 4.58. The van der Waals surface area contributed by atoms with Crippen molar-refractivity contribution in [2.45, 2.75) is 0 Å². The number of methoxy groups -OCH3 is 1. The highest BCUT2D eigenvalue weighted by Crippen LogP contribution is 2.29. The molecule has 0 amide bonds. The predicted octanol–water partition coefficient (Wildman–Crippen LogP) is 4.78. The molecule has 5 rings (SSSR count). The lowest BCUT2D eigenvalue weighted by atomic mass is 10.1. The Morgan fingerprint density at radius 2 is 1.73 bits per heavy atom. The molecule has 0 unspecified atom stereocenters. The number of aromatic amines is 2. The van der Waals surface area contributed by atoms with Crippen LogP contribution in [0, 0.1) is 0 Å². The Morgan fingerprint density at radius 1 is 0.846 bits per heavy atom. The minimum absolute atomic E-state index is 0.764. The minimum Gasteiger partial charge on any atom is -0.497 e. The number of hydrogen-bond donors (Lipinski definition) is 2. The molecule has 0 aliphatic carbocycles. The molecule has 0 fully saturated rings. The molecule has 0 spiro atoms. The van der Waals surface area contributed by atoms with E-state index in [0.29, 0.717) is 0 Å². The molecule has 0 radical (unpaired) electrons. The highest BCUT2D eigenvalue weighted by atomic mass is 16.5. The van der Waals surface area contributed by atoms with Gasteiger partial charge in [-0.15, -0.1) is 0 Å². The van der Waals surface area contributed by atoms with Gasteiger partial charge in [0.25, 0.3) is 0 Å². The molecule has 2 heterocycles. The van der Waals surface area contributed by atoms with Crippen LogP contribution in [0.15, 0.2) is 66.7 Å². The minimum atomic E-state index is 0.764. The van der Waals surface area contributed by atoms with Crippen LogP contribution in [-0.4, -0.2) is 27.3 Å². The zero-order valence-corrected chi connectivity index (χ0v) is 14.2. The first-order chi connectivity index (χ1) is 12.8. The highest BCUT2D eigenvalue weighted by molar-refractivity contribution is 5.93. The van der Waals surface area contributed by atoms with E-state index >= 15 is 0 Å². The van der Waals surface area contributed by atoms with Gasteiger partial charge >= 0.3 is 0 Å². The molecule has 0 saturated heterocycles. The monoisotopic (exact) mass is 340 g/mol. The summed E-state index contributed by atoms with van der Waals surface area (Å²) in [5.41, 5.74) is 5.92. The Balaban J connectivity index is 1.62. The topological polar surface area (TPSA) is 66.6 Å². The van der Waals surface area contributed by atoms with Crippen LogP contribution in [0.4, 0.5) is 0 Å². The summed E-state index contributed by atoms with van der Waals surface area (Å²) in [5, 5.41) is 8.54. The summed E-state index contributed by atoms with van der Waals surface area (Å²) >= 11 is 0. The molecule has 0 aliphatic heterocycles. The van der Waals surface area contributed by atoms with Gasteiger partial charge in [-0.05, 0) is 41.5 Å². The zero-order chi connectivity index (χ0) is 17.5. The van der Waals surface area contributed by atoms with E-state index in [9.17, 15) is 0 Å². The summed E-state index contributed by atoms with van der Waals surface area (Å²) < 4.78 is 5.32. The first kappa shape index (κ1) is 14.7. The van der Waals surface area contributed by atoms with E-state index in [1.165, 1.54) is 0 Å². The van der Waals surface area contributed by atoms with Gasteiger partial charge < -0.3 is 9.72 Å². The standard InChI is InChI=1S/C21H16N4O/c1-26-15-6-4-5-13(11-15)14-9-10-18-19(12-14)23-21(22-18)20-16-7-2-3-8-17(16)24-25-20/h2-12H,1H3,(H,22,23)(H,24,25). The van der Waals surface area contributed by atoms with Crippen molar-refractivity contribution in [1.82, 2.24) is 20.2 Å². The fourth-order valence-corrected chi connectivity index (χ4v) is 3.24. The van der Waals surface area contributed by atoms with Gasteiger partial charge in [-0.1, -0.05) is 36.4 Å². The third kappa shape index (κ3) is 2.33. The second-order valence-corrected chi connectivity index (χ2v) is 6.17. The van der Waals surface area contributed by atoms with Gasteiger partial charge in [0.2, 0.25) is 0 Å². The summed E-state index contributed by atoms with van der Waals surface area (Å²) in [5.74, 6) is 1.61. The number of nitrogens with zero attached hydrogens (tertiary/aromatic N) is 2. The average Bonchev–Trinajstić information content (AvgIpc) is 3.31. The van der Waals surface area contributed by atoms with E-state index in [1.54, 1.807) is 7.11 Å². The summed E-state index contributed by atoms with van der Waals surface area (Å²) in [6.07, 6.45) is 0. The van der Waals surface area contributed by atoms with Crippen molar-refractivity contribution in [3.05, 3.63) is 66.7 Å². The summed E-state index contributed by atoms with van der Waals surface area (Å²) in [4.78, 5) is 8.14. The number of nitrogens with one attached hydrogen (secondary N) is 2. The second kappa shape index (κ2) is 5.74. The van der Waals surface area contributed by atoms with Gasteiger partial charge in [0.05, 0.1) is 23.7 Å². The Bertz CT molecular complexity index is 1240. The number of aromatic nitrogens is 4. The fraction of sp³-hybridized carbons (Fsp3) is 0.0476. The van der Waals surface area contributed by atoms with Crippen LogP contribution in [0.1, 0.15) is 0 Å². The lowest BCUT2D eigenvalue weighted by molar-refractivity contribution is 0.415. The Morgan fingerprint density at radius 3 is 2.65 bits per heavy atom. The van der Waals surface area contributed by atoms with Crippen molar-refractivity contribution >= 4 is 21.9 Å². The SMILES string of the molecule is COc1cccc(-c2ccc3[nH]c(-c4n[nH]c5ccccc45)nc3c2)c1. The largest absolute Gasteiger partial charge is 0.497 e. The number of imidazole rings is 1. The number of para-hydroxylation sites is 1. The molecule has 0 bridgehead atoms. The van der Waals surface area contributed by atoms with Gasteiger partial charge in [0.1, 0.15) is 11.4 Å². The average molecular weight is 340 g/mol. The van der Waals surface area contributed by atoms with E-state index in [1.807, 2.05) is 42.5 Å². The fourth-order valence-electron chi connectivity index (χ4n) is 3.24. The summed E-state index contributed by atoms with van der Waals surface area (Å²) in [6.45, 7) is 0. The lowest BCUT2D eigenvalue weighted by Gasteiger charge is -2.04. The molecule has 0 atom stereocenters. The van der Waals surface area contributed by atoms with Crippen LogP contribution in [-0.2, 0) is 0 Å². The number of ether oxygens (including phenoxy) is 1. The molecular formula is C21H16N4O. The van der Waals surface area contributed by atoms with E-state index < -0.39 is 0 Å². The van der Waals surface area contributed by atoms with Crippen LogP contribution in [0.2, 0.25) is 0 Å². The normalized spacial score (nSPS) is 11.3. The van der Waals surface area contributed by atoms with Crippen LogP contribution in [0.25, 0.3) is 44.6 Å². The van der Waals surface area contributed by atoms with Crippen molar-refractivity contribution in [1.29, 1.82) is 0 Å². The van der Waals surface area contributed by atoms with Crippen molar-refractivity contribution in [3.63, 3.8) is 0 Å². The van der Waals surface area contributed by atoms with Gasteiger partial charge in [-0.2, -0.15) is 5.10 Å². The molecule has 5 aromatic rings. The van der Waals surface area contributed by atoms with Gasteiger partial charge in [0.15, 0.2) is 5.82 Å². The van der Waals surface area contributed by atoms with Crippen LogP contribution < -0.4 is 4.74 Å². The lowest BCUT2D eigenvalue weighted by Crippen LogP contribution is -1.83. The summed E-state index contributed by atoms with van der Waals surface area (Å²) in [6, 6.07) is 22.3. The second-order valence-electron chi connectivity index (χ2n) is 6.17. The molecule has 0 aliphatic rings. The maximum Gasteiger partial charge on any atom is 0.159 e. The van der Waals surface area contributed by atoms with Crippen molar-refractivity contribution in [2.24, 2.45) is 0 Å². The van der Waals surface area contributed by atoms with Gasteiger partial charge in [-0.25, -0.2) is 4.98 Å². The number of fused-ring (bicyclic) bond motifs is 2. The quantitative estimate of drug-likeness (QED) is 0.496. The van der Waals surface area contributed by atoms with Crippen LogP contribution in [0.5, 0.6) is 5.75 Å². The molecule has 2 N–H and O–H groups in total. The van der Waals surface area contributed by atoms with Crippen molar-refractivity contribution in [3.8, 4) is 28.4 Å². The molecule has 126 valence electrons. The molecule has 5 heteroatoms. The van der Waals surface area contributed by atoms with E-state index in [4.69, 9.17) is 9.72 Å². The van der Waals surface area contributed by atoms with E-state index in [-0.39, 0.29) is 0 Å². The number of H-pyrrole nitrogens is 2. The van der Waals surface area contributed by atoms with Crippen LogP contribution >= 0.6 is 0 Å². The van der Waals surface area contributed by atoms with Crippen LogP contribution in [0.3, 0.4) is 0 Å². The van der Waals surface area contributed by atoms with Crippen molar-refractivity contribution < 1.29 is 4.74 Å².